The predicted molar refractivity (Wildman–Crippen MR) is 81.4 cm³/mol. The standard InChI is InChI=1S/C14H18BrN3O2/c1-19-8-6-16-10-11-5-7-18(17-11)14-9-12(20-2)3-4-13(14)15/h3-5,7,9,16H,6,8,10H2,1-2H3. The topological polar surface area (TPSA) is 48.3 Å². The van der Waals surface area contributed by atoms with E-state index in [1.165, 1.54) is 0 Å². The zero-order valence-corrected chi connectivity index (χ0v) is 13.2. The number of ether oxygens (including phenoxy) is 2. The van der Waals surface area contributed by atoms with E-state index < -0.39 is 0 Å². The van der Waals surface area contributed by atoms with Crippen molar-refractivity contribution in [3.8, 4) is 11.4 Å². The Morgan fingerprint density at radius 3 is 2.90 bits per heavy atom. The third-order valence-corrected chi connectivity index (χ3v) is 3.50. The van der Waals surface area contributed by atoms with Gasteiger partial charge in [0, 0.05) is 36.9 Å². The fraction of sp³-hybridized carbons (Fsp3) is 0.357. The van der Waals surface area contributed by atoms with Gasteiger partial charge in [0.15, 0.2) is 0 Å². The molecule has 0 saturated carbocycles. The second kappa shape index (κ2) is 7.42. The fourth-order valence-corrected chi connectivity index (χ4v) is 2.20. The molecule has 20 heavy (non-hydrogen) atoms. The third kappa shape index (κ3) is 3.82. The molecule has 0 radical (unpaired) electrons. The highest BCUT2D eigenvalue weighted by molar-refractivity contribution is 9.10. The number of methoxy groups -OCH3 is 2. The molecule has 0 bridgehead atoms. The highest BCUT2D eigenvalue weighted by Crippen LogP contribution is 2.25. The van der Waals surface area contributed by atoms with E-state index in [1.807, 2.05) is 35.1 Å². The summed E-state index contributed by atoms with van der Waals surface area (Å²) >= 11 is 3.53. The van der Waals surface area contributed by atoms with Crippen molar-refractivity contribution in [3.05, 3.63) is 40.6 Å². The van der Waals surface area contributed by atoms with Crippen LogP contribution in [0.15, 0.2) is 34.9 Å². The molecule has 0 amide bonds. The summed E-state index contributed by atoms with van der Waals surface area (Å²) < 4.78 is 13.0. The van der Waals surface area contributed by atoms with Crippen LogP contribution < -0.4 is 10.1 Å². The summed E-state index contributed by atoms with van der Waals surface area (Å²) in [5, 5.41) is 7.81. The van der Waals surface area contributed by atoms with Gasteiger partial charge in [0.1, 0.15) is 5.75 Å². The fourth-order valence-electron chi connectivity index (χ4n) is 1.78. The van der Waals surface area contributed by atoms with Crippen molar-refractivity contribution in [1.82, 2.24) is 15.1 Å². The molecule has 0 aliphatic carbocycles. The maximum absolute atomic E-state index is 5.24. The van der Waals surface area contributed by atoms with Gasteiger partial charge in [0.2, 0.25) is 0 Å². The molecule has 1 heterocycles. The third-order valence-electron chi connectivity index (χ3n) is 2.83. The summed E-state index contributed by atoms with van der Waals surface area (Å²) in [4.78, 5) is 0. The molecule has 2 aromatic rings. The van der Waals surface area contributed by atoms with Gasteiger partial charge < -0.3 is 14.8 Å². The Morgan fingerprint density at radius 1 is 1.30 bits per heavy atom. The second-order valence-electron chi connectivity index (χ2n) is 4.24. The van der Waals surface area contributed by atoms with E-state index in [0.717, 1.165) is 34.7 Å². The molecule has 108 valence electrons. The molecule has 0 aliphatic rings. The molecule has 0 atom stereocenters. The molecule has 1 aromatic carbocycles. The Labute approximate surface area is 127 Å². The molecular formula is C14H18BrN3O2. The lowest BCUT2D eigenvalue weighted by molar-refractivity contribution is 0.199. The van der Waals surface area contributed by atoms with Gasteiger partial charge in [-0.05, 0) is 34.1 Å². The van der Waals surface area contributed by atoms with E-state index >= 15 is 0 Å². The molecule has 1 N–H and O–H groups in total. The largest absolute Gasteiger partial charge is 0.497 e. The molecule has 1 aromatic heterocycles. The zero-order chi connectivity index (χ0) is 14.4. The van der Waals surface area contributed by atoms with Crippen LogP contribution in [-0.2, 0) is 11.3 Å². The van der Waals surface area contributed by atoms with E-state index in [-0.39, 0.29) is 0 Å². The highest BCUT2D eigenvalue weighted by Gasteiger charge is 2.06. The van der Waals surface area contributed by atoms with Crippen molar-refractivity contribution in [3.63, 3.8) is 0 Å². The molecule has 0 saturated heterocycles. The average Bonchev–Trinajstić information content (AvgIpc) is 2.93. The first kappa shape index (κ1) is 15.0. The van der Waals surface area contributed by atoms with Crippen LogP contribution >= 0.6 is 15.9 Å². The van der Waals surface area contributed by atoms with Crippen LogP contribution in [0.4, 0.5) is 0 Å². The second-order valence-corrected chi connectivity index (χ2v) is 5.09. The summed E-state index contributed by atoms with van der Waals surface area (Å²) in [6.45, 7) is 2.23. The molecular weight excluding hydrogens is 322 g/mol. The van der Waals surface area contributed by atoms with Crippen LogP contribution in [0.1, 0.15) is 5.69 Å². The van der Waals surface area contributed by atoms with Crippen LogP contribution in [0.5, 0.6) is 5.75 Å². The molecule has 6 heteroatoms. The SMILES string of the molecule is COCCNCc1ccn(-c2cc(OC)ccc2Br)n1. The van der Waals surface area contributed by atoms with Crippen LogP contribution in [0.25, 0.3) is 5.69 Å². The highest BCUT2D eigenvalue weighted by atomic mass is 79.9. The molecule has 5 nitrogen and oxygen atoms in total. The number of aromatic nitrogens is 2. The van der Waals surface area contributed by atoms with Gasteiger partial charge in [0.25, 0.3) is 0 Å². The average molecular weight is 340 g/mol. The maximum Gasteiger partial charge on any atom is 0.121 e. The summed E-state index contributed by atoms with van der Waals surface area (Å²) in [7, 11) is 3.35. The maximum atomic E-state index is 5.24. The van der Waals surface area contributed by atoms with Crippen molar-refractivity contribution in [1.29, 1.82) is 0 Å². The van der Waals surface area contributed by atoms with Crippen LogP contribution in [0, 0.1) is 0 Å². The molecule has 2 rings (SSSR count). The van der Waals surface area contributed by atoms with Gasteiger partial charge in [-0.3, -0.25) is 0 Å². The Hall–Kier alpha value is -1.37. The number of benzene rings is 1. The number of hydrogen-bond acceptors (Lipinski definition) is 4. The van der Waals surface area contributed by atoms with E-state index in [4.69, 9.17) is 9.47 Å². The molecule has 0 aliphatic heterocycles. The van der Waals surface area contributed by atoms with Crippen LogP contribution in [0.2, 0.25) is 0 Å². The van der Waals surface area contributed by atoms with E-state index in [1.54, 1.807) is 14.2 Å². The van der Waals surface area contributed by atoms with Gasteiger partial charge >= 0.3 is 0 Å². The van der Waals surface area contributed by atoms with Gasteiger partial charge in [0.05, 0.1) is 25.1 Å². The predicted octanol–water partition coefficient (Wildman–Crippen LogP) is 2.38. The van der Waals surface area contributed by atoms with Crippen LogP contribution in [0.3, 0.4) is 0 Å². The van der Waals surface area contributed by atoms with Crippen molar-refractivity contribution < 1.29 is 9.47 Å². The lowest BCUT2D eigenvalue weighted by atomic mass is 10.3. The summed E-state index contributed by atoms with van der Waals surface area (Å²) in [6, 6.07) is 7.79. The normalized spacial score (nSPS) is 10.8. The van der Waals surface area contributed by atoms with E-state index in [9.17, 15) is 0 Å². The minimum absolute atomic E-state index is 0.697. The minimum Gasteiger partial charge on any atom is -0.497 e. The van der Waals surface area contributed by atoms with Gasteiger partial charge in [-0.2, -0.15) is 5.10 Å². The Morgan fingerprint density at radius 2 is 2.15 bits per heavy atom. The minimum atomic E-state index is 0.697. The van der Waals surface area contributed by atoms with Crippen molar-refractivity contribution >= 4 is 15.9 Å². The first-order valence-electron chi connectivity index (χ1n) is 6.32. The first-order valence-corrected chi connectivity index (χ1v) is 7.12. The van der Waals surface area contributed by atoms with E-state index in [0.29, 0.717) is 6.61 Å². The summed E-state index contributed by atoms with van der Waals surface area (Å²) in [5.74, 6) is 0.804. The Kier molecular flexibility index (Phi) is 5.58. The summed E-state index contributed by atoms with van der Waals surface area (Å²) in [5.41, 5.74) is 1.93. The van der Waals surface area contributed by atoms with Crippen LogP contribution in [-0.4, -0.2) is 37.2 Å². The smallest absolute Gasteiger partial charge is 0.121 e. The molecule has 0 spiro atoms. The molecule has 0 fully saturated rings. The van der Waals surface area contributed by atoms with Gasteiger partial charge in [-0.1, -0.05) is 0 Å². The lowest BCUT2D eigenvalue weighted by Crippen LogP contribution is -2.18. The quantitative estimate of drug-likeness (QED) is 0.787. The Balaban J connectivity index is 2.08. The number of hydrogen-bond donors (Lipinski definition) is 1. The van der Waals surface area contributed by atoms with E-state index in [2.05, 4.69) is 26.3 Å². The number of nitrogens with zero attached hydrogens (tertiary/aromatic N) is 2. The summed E-state index contributed by atoms with van der Waals surface area (Å²) in [6.07, 6.45) is 1.94. The Bertz CT molecular complexity index is 557. The molecule has 0 unspecified atom stereocenters. The monoisotopic (exact) mass is 339 g/mol. The number of rotatable bonds is 7. The van der Waals surface area contributed by atoms with Gasteiger partial charge in [-0.15, -0.1) is 0 Å². The lowest BCUT2D eigenvalue weighted by Gasteiger charge is -2.07. The first-order chi connectivity index (χ1) is 9.74. The van der Waals surface area contributed by atoms with Gasteiger partial charge in [-0.25, -0.2) is 4.68 Å². The van der Waals surface area contributed by atoms with Crippen molar-refractivity contribution in [2.45, 2.75) is 6.54 Å². The van der Waals surface area contributed by atoms with Crippen molar-refractivity contribution in [2.75, 3.05) is 27.4 Å². The number of nitrogens with one attached hydrogen (secondary N) is 1. The van der Waals surface area contributed by atoms with Crippen molar-refractivity contribution in [2.24, 2.45) is 0 Å². The zero-order valence-electron chi connectivity index (χ0n) is 11.6. The number of halogens is 1.